The van der Waals surface area contributed by atoms with Crippen LogP contribution in [-0.2, 0) is 0 Å². The molecule has 0 saturated carbocycles. The van der Waals surface area contributed by atoms with Gasteiger partial charge in [-0.25, -0.2) is 15.0 Å². The number of hydrogen-bond donors (Lipinski definition) is 3. The van der Waals surface area contributed by atoms with E-state index >= 15 is 0 Å². The highest BCUT2D eigenvalue weighted by Crippen LogP contribution is 2.30. The molecule has 0 aliphatic carbocycles. The number of benzene rings is 1. The van der Waals surface area contributed by atoms with E-state index in [-0.39, 0.29) is 6.04 Å². The van der Waals surface area contributed by atoms with E-state index in [0.717, 1.165) is 54.2 Å². The van der Waals surface area contributed by atoms with Gasteiger partial charge in [0.05, 0.1) is 20.5 Å². The smallest absolute Gasteiger partial charge is 0.229 e. The molecule has 10 nitrogen and oxygen atoms in total. The predicted octanol–water partition coefficient (Wildman–Crippen LogP) is 3.10. The zero-order valence-corrected chi connectivity index (χ0v) is 18.6. The Kier molecular flexibility index (Phi) is 5.66. The Bertz CT molecular complexity index is 1230. The van der Waals surface area contributed by atoms with Crippen molar-refractivity contribution in [2.24, 2.45) is 5.73 Å². The van der Waals surface area contributed by atoms with Crippen LogP contribution in [0.2, 0.25) is 0 Å². The molecule has 4 heterocycles. The molecule has 0 amide bonds. The Morgan fingerprint density at radius 3 is 2.45 bits per heavy atom. The van der Waals surface area contributed by atoms with Crippen molar-refractivity contribution >= 4 is 28.6 Å². The van der Waals surface area contributed by atoms with Gasteiger partial charge in [0.1, 0.15) is 28.5 Å². The van der Waals surface area contributed by atoms with Gasteiger partial charge >= 0.3 is 0 Å². The zero-order valence-electron chi connectivity index (χ0n) is 18.6. The van der Waals surface area contributed by atoms with Gasteiger partial charge in [-0.05, 0) is 25.0 Å². The van der Waals surface area contributed by atoms with Gasteiger partial charge in [-0.2, -0.15) is 4.98 Å². The molecule has 10 heteroatoms. The average molecular weight is 447 g/mol. The standard InChI is InChI=1S/C23H26N8O2/c1-32-17-9-16(10-18(11-17)33-2)28-23-29-20(21-22(30-23)27-13-26-21)14-3-4-19(25-12-14)31-7-5-15(24)6-8-31/h3-4,9-13,15H,5-8,24H2,1-2H3,(H2,26,27,28,29,30). The minimum absolute atomic E-state index is 0.283. The van der Waals surface area contributed by atoms with Crippen molar-refractivity contribution in [1.29, 1.82) is 0 Å². The van der Waals surface area contributed by atoms with E-state index in [4.69, 9.17) is 25.2 Å². The Labute approximate surface area is 191 Å². The lowest BCUT2D eigenvalue weighted by Gasteiger charge is -2.31. The van der Waals surface area contributed by atoms with E-state index in [0.29, 0.717) is 23.1 Å². The third-order valence-corrected chi connectivity index (χ3v) is 5.78. The predicted molar refractivity (Wildman–Crippen MR) is 127 cm³/mol. The Morgan fingerprint density at radius 1 is 1.03 bits per heavy atom. The maximum Gasteiger partial charge on any atom is 0.229 e. The molecule has 5 rings (SSSR count). The van der Waals surface area contributed by atoms with Gasteiger partial charge in [0, 0.05) is 54.8 Å². The first-order chi connectivity index (χ1) is 16.1. The summed E-state index contributed by atoms with van der Waals surface area (Å²) in [5.74, 6) is 2.68. The second-order valence-corrected chi connectivity index (χ2v) is 7.95. The van der Waals surface area contributed by atoms with E-state index in [1.807, 2.05) is 30.5 Å². The summed E-state index contributed by atoms with van der Waals surface area (Å²) in [4.78, 5) is 23.7. The minimum atomic E-state index is 0.283. The first kappa shape index (κ1) is 21.0. The fraction of sp³-hybridized carbons (Fsp3) is 0.304. The number of anilines is 3. The summed E-state index contributed by atoms with van der Waals surface area (Å²) in [5.41, 5.74) is 9.67. The van der Waals surface area contributed by atoms with Gasteiger partial charge in [0.25, 0.3) is 0 Å². The molecule has 4 aromatic rings. The van der Waals surface area contributed by atoms with Crippen molar-refractivity contribution in [3.05, 3.63) is 42.9 Å². The summed E-state index contributed by atoms with van der Waals surface area (Å²) in [6, 6.07) is 9.83. The number of nitrogens with zero attached hydrogens (tertiary/aromatic N) is 5. The molecular weight excluding hydrogens is 420 g/mol. The third-order valence-electron chi connectivity index (χ3n) is 5.78. The number of nitrogens with two attached hydrogens (primary N) is 1. The number of fused-ring (bicyclic) bond motifs is 1. The van der Waals surface area contributed by atoms with Crippen LogP contribution < -0.4 is 25.4 Å². The quantitative estimate of drug-likeness (QED) is 0.409. The molecule has 0 radical (unpaired) electrons. The molecule has 0 bridgehead atoms. The van der Waals surface area contributed by atoms with E-state index in [2.05, 4.69) is 25.2 Å². The molecular formula is C23H26N8O2. The van der Waals surface area contributed by atoms with Crippen LogP contribution in [0.25, 0.3) is 22.4 Å². The molecule has 1 aromatic carbocycles. The maximum absolute atomic E-state index is 6.03. The molecule has 0 spiro atoms. The number of rotatable bonds is 6. The zero-order chi connectivity index (χ0) is 22.8. The van der Waals surface area contributed by atoms with Crippen LogP contribution in [0.15, 0.2) is 42.9 Å². The largest absolute Gasteiger partial charge is 0.497 e. The van der Waals surface area contributed by atoms with Crippen LogP contribution in [0.1, 0.15) is 12.8 Å². The van der Waals surface area contributed by atoms with Crippen molar-refractivity contribution in [2.45, 2.75) is 18.9 Å². The number of ether oxygens (including phenoxy) is 2. The number of imidazole rings is 1. The third kappa shape index (κ3) is 4.37. The SMILES string of the molecule is COc1cc(Nc2nc(-c3ccc(N4CCC(N)CC4)nc3)c3[nH]cnc3n2)cc(OC)c1. The summed E-state index contributed by atoms with van der Waals surface area (Å²) in [6.45, 7) is 1.84. The van der Waals surface area contributed by atoms with Gasteiger partial charge in [-0.1, -0.05) is 0 Å². The van der Waals surface area contributed by atoms with Crippen LogP contribution in [0.5, 0.6) is 11.5 Å². The Morgan fingerprint density at radius 2 is 1.79 bits per heavy atom. The molecule has 3 aromatic heterocycles. The van der Waals surface area contributed by atoms with Gasteiger partial charge < -0.3 is 30.4 Å². The van der Waals surface area contributed by atoms with Crippen molar-refractivity contribution < 1.29 is 9.47 Å². The molecule has 0 atom stereocenters. The first-order valence-corrected chi connectivity index (χ1v) is 10.8. The lowest BCUT2D eigenvalue weighted by Crippen LogP contribution is -2.40. The summed E-state index contributed by atoms with van der Waals surface area (Å²) in [7, 11) is 3.22. The van der Waals surface area contributed by atoms with Crippen molar-refractivity contribution in [1.82, 2.24) is 24.9 Å². The summed E-state index contributed by atoms with van der Waals surface area (Å²) < 4.78 is 10.7. The second-order valence-electron chi connectivity index (χ2n) is 7.95. The van der Waals surface area contributed by atoms with Crippen LogP contribution in [0.4, 0.5) is 17.5 Å². The average Bonchev–Trinajstić information content (AvgIpc) is 3.32. The molecule has 170 valence electrons. The lowest BCUT2D eigenvalue weighted by molar-refractivity contribution is 0.395. The number of aromatic nitrogens is 5. The van der Waals surface area contributed by atoms with Crippen LogP contribution >= 0.6 is 0 Å². The molecule has 1 aliphatic rings. The minimum Gasteiger partial charge on any atom is -0.497 e. The van der Waals surface area contributed by atoms with E-state index in [1.165, 1.54) is 0 Å². The van der Waals surface area contributed by atoms with Gasteiger partial charge in [-0.3, -0.25) is 0 Å². The number of methoxy groups -OCH3 is 2. The van der Waals surface area contributed by atoms with Gasteiger partial charge in [0.15, 0.2) is 5.65 Å². The van der Waals surface area contributed by atoms with E-state index < -0.39 is 0 Å². The number of H-pyrrole nitrogens is 1. The van der Waals surface area contributed by atoms with E-state index in [1.54, 1.807) is 26.6 Å². The van der Waals surface area contributed by atoms with Crippen molar-refractivity contribution in [3.63, 3.8) is 0 Å². The number of piperidine rings is 1. The second kappa shape index (κ2) is 8.91. The van der Waals surface area contributed by atoms with Gasteiger partial charge in [-0.15, -0.1) is 0 Å². The Balaban J connectivity index is 1.46. The summed E-state index contributed by atoms with van der Waals surface area (Å²) in [5, 5.41) is 3.24. The number of nitrogens with one attached hydrogen (secondary N) is 2. The van der Waals surface area contributed by atoms with Crippen LogP contribution in [0, 0.1) is 0 Å². The highest BCUT2D eigenvalue weighted by atomic mass is 16.5. The molecule has 1 aliphatic heterocycles. The molecule has 33 heavy (non-hydrogen) atoms. The molecule has 4 N–H and O–H groups in total. The number of pyridine rings is 1. The topological polar surface area (TPSA) is 127 Å². The van der Waals surface area contributed by atoms with Gasteiger partial charge in [0.2, 0.25) is 5.95 Å². The normalized spacial score (nSPS) is 14.5. The van der Waals surface area contributed by atoms with E-state index in [9.17, 15) is 0 Å². The van der Waals surface area contributed by atoms with Crippen molar-refractivity contribution in [3.8, 4) is 22.8 Å². The molecule has 1 fully saturated rings. The molecule has 1 saturated heterocycles. The number of hydrogen-bond acceptors (Lipinski definition) is 9. The number of aromatic amines is 1. The highest BCUT2D eigenvalue weighted by molar-refractivity contribution is 5.88. The first-order valence-electron chi connectivity index (χ1n) is 10.8. The summed E-state index contributed by atoms with van der Waals surface area (Å²) in [6.07, 6.45) is 5.41. The van der Waals surface area contributed by atoms with Crippen LogP contribution in [-0.4, -0.2) is 58.3 Å². The monoisotopic (exact) mass is 446 g/mol. The maximum atomic E-state index is 6.03. The summed E-state index contributed by atoms with van der Waals surface area (Å²) >= 11 is 0. The highest BCUT2D eigenvalue weighted by Gasteiger charge is 2.18. The molecule has 0 unspecified atom stereocenters. The van der Waals surface area contributed by atoms with Crippen molar-refractivity contribution in [2.75, 3.05) is 37.5 Å². The lowest BCUT2D eigenvalue weighted by atomic mass is 10.1. The fourth-order valence-electron chi connectivity index (χ4n) is 3.95. The fourth-order valence-corrected chi connectivity index (χ4v) is 3.95. The van der Waals surface area contributed by atoms with Crippen LogP contribution in [0.3, 0.4) is 0 Å². The Hall–Kier alpha value is -3.92.